The molecule has 0 aliphatic carbocycles. The molecule has 2 N–H and O–H groups in total. The van der Waals surface area contributed by atoms with Crippen molar-refractivity contribution in [1.29, 1.82) is 0 Å². The third kappa shape index (κ3) is 6.14. The number of nitrogens with zero attached hydrogens (tertiary/aromatic N) is 3. The van der Waals surface area contributed by atoms with E-state index in [-0.39, 0.29) is 17.7 Å². The zero-order valence-electron chi connectivity index (χ0n) is 15.1. The molecule has 1 unspecified atom stereocenters. The summed E-state index contributed by atoms with van der Waals surface area (Å²) in [6.45, 7) is 0.548. The lowest BCUT2D eigenvalue weighted by atomic mass is 10.1. The van der Waals surface area contributed by atoms with Crippen LogP contribution in [0.4, 0.5) is 24.1 Å². The first-order chi connectivity index (χ1) is 13.8. The summed E-state index contributed by atoms with van der Waals surface area (Å²) in [5.41, 5.74) is 2.71. The Morgan fingerprint density at radius 1 is 1.21 bits per heavy atom. The number of benzene rings is 1. The molecule has 152 valence electrons. The van der Waals surface area contributed by atoms with E-state index in [0.29, 0.717) is 16.5 Å². The van der Waals surface area contributed by atoms with Gasteiger partial charge in [-0.25, -0.2) is 4.98 Å². The van der Waals surface area contributed by atoms with Crippen LogP contribution < -0.4 is 15.4 Å². The van der Waals surface area contributed by atoms with Crippen molar-refractivity contribution in [3.63, 3.8) is 0 Å². The second kappa shape index (κ2) is 8.86. The Morgan fingerprint density at radius 2 is 1.97 bits per heavy atom. The normalized spacial score (nSPS) is 12.3. The first kappa shape index (κ1) is 20.5. The number of anilines is 2. The van der Waals surface area contributed by atoms with Gasteiger partial charge in [0.15, 0.2) is 6.61 Å². The Balaban J connectivity index is 1.56. The largest absolute Gasteiger partial charge is 0.484 e. The van der Waals surface area contributed by atoms with Crippen molar-refractivity contribution in [2.75, 3.05) is 17.2 Å². The first-order valence-electron chi connectivity index (χ1n) is 8.40. The second-order valence-electron chi connectivity index (χ2n) is 5.97. The Bertz CT molecular complexity index is 932. The molecule has 0 fully saturated rings. The average molecular weight is 423 g/mol. The van der Waals surface area contributed by atoms with E-state index >= 15 is 0 Å². The number of amides is 1. The van der Waals surface area contributed by atoms with Crippen LogP contribution in [0.2, 0.25) is 0 Å². The monoisotopic (exact) mass is 423 g/mol. The summed E-state index contributed by atoms with van der Waals surface area (Å²) in [4.78, 5) is 16.3. The SMILES string of the molecule is CC(Nc1ccc(C(=O)Nc2nncs2)cn1)c1ccc(OCC(F)(F)F)cc1. The minimum Gasteiger partial charge on any atom is -0.484 e. The molecule has 0 spiro atoms. The zero-order chi connectivity index (χ0) is 20.9. The number of nitrogens with one attached hydrogen (secondary N) is 2. The fraction of sp³-hybridized carbons (Fsp3) is 0.222. The molecule has 0 saturated heterocycles. The Hall–Kier alpha value is -3.21. The van der Waals surface area contributed by atoms with E-state index in [4.69, 9.17) is 4.74 Å². The van der Waals surface area contributed by atoms with Crippen LogP contribution in [-0.4, -0.2) is 33.9 Å². The molecule has 0 bridgehead atoms. The molecule has 0 radical (unpaired) electrons. The Morgan fingerprint density at radius 3 is 2.55 bits per heavy atom. The number of aromatic nitrogens is 3. The quantitative estimate of drug-likeness (QED) is 0.589. The molecule has 11 heteroatoms. The summed E-state index contributed by atoms with van der Waals surface area (Å²) in [7, 11) is 0. The lowest BCUT2D eigenvalue weighted by Crippen LogP contribution is -2.19. The Labute approximate surface area is 168 Å². The van der Waals surface area contributed by atoms with Crippen LogP contribution in [0.5, 0.6) is 5.75 Å². The van der Waals surface area contributed by atoms with Crippen LogP contribution in [0.25, 0.3) is 0 Å². The van der Waals surface area contributed by atoms with Gasteiger partial charge in [0.2, 0.25) is 5.13 Å². The van der Waals surface area contributed by atoms with E-state index in [2.05, 4.69) is 25.8 Å². The molecule has 2 heterocycles. The van der Waals surface area contributed by atoms with Gasteiger partial charge in [-0.15, -0.1) is 10.2 Å². The molecular weight excluding hydrogens is 407 g/mol. The van der Waals surface area contributed by atoms with Crippen LogP contribution >= 0.6 is 11.3 Å². The fourth-order valence-electron chi connectivity index (χ4n) is 2.33. The van der Waals surface area contributed by atoms with Crippen LogP contribution in [0.15, 0.2) is 48.1 Å². The van der Waals surface area contributed by atoms with E-state index in [0.717, 1.165) is 5.56 Å². The summed E-state index contributed by atoms with van der Waals surface area (Å²) in [5.74, 6) is 0.341. The van der Waals surface area contributed by atoms with Crippen molar-refractivity contribution in [2.45, 2.75) is 19.1 Å². The van der Waals surface area contributed by atoms with Crippen LogP contribution in [0, 0.1) is 0 Å². The van der Waals surface area contributed by atoms with E-state index in [9.17, 15) is 18.0 Å². The molecule has 3 rings (SSSR count). The first-order valence-corrected chi connectivity index (χ1v) is 9.28. The van der Waals surface area contributed by atoms with Crippen LogP contribution in [0.1, 0.15) is 28.9 Å². The summed E-state index contributed by atoms with van der Waals surface area (Å²) in [6, 6.07) is 9.42. The van der Waals surface area contributed by atoms with Gasteiger partial charge in [0.1, 0.15) is 17.1 Å². The van der Waals surface area contributed by atoms with E-state index < -0.39 is 12.8 Å². The van der Waals surface area contributed by atoms with Gasteiger partial charge in [-0.05, 0) is 36.8 Å². The molecule has 1 amide bonds. The summed E-state index contributed by atoms with van der Waals surface area (Å²) in [5, 5.41) is 13.6. The van der Waals surface area contributed by atoms with Gasteiger partial charge in [0.25, 0.3) is 5.91 Å². The molecule has 0 aliphatic rings. The van der Waals surface area contributed by atoms with Crippen molar-refractivity contribution in [3.05, 3.63) is 59.2 Å². The summed E-state index contributed by atoms with van der Waals surface area (Å²) < 4.78 is 41.3. The van der Waals surface area contributed by atoms with Gasteiger partial charge < -0.3 is 10.1 Å². The number of carbonyl (C=O) groups excluding carboxylic acids is 1. The summed E-state index contributed by atoms with van der Waals surface area (Å²) >= 11 is 1.21. The number of alkyl halides is 3. The third-order valence-electron chi connectivity index (χ3n) is 3.75. The standard InChI is InChI=1S/C18H16F3N5O2S/c1-11(12-2-5-14(6-3-12)28-9-18(19,20)21)24-15-7-4-13(8-22-15)16(27)25-17-26-23-10-29-17/h2-8,10-11H,9H2,1H3,(H,22,24)(H,25,26,27). The maximum atomic E-state index is 12.2. The van der Waals surface area contributed by atoms with Gasteiger partial charge >= 0.3 is 6.18 Å². The molecule has 0 saturated carbocycles. The number of hydrogen-bond donors (Lipinski definition) is 2. The highest BCUT2D eigenvalue weighted by atomic mass is 32.1. The minimum atomic E-state index is -4.38. The number of hydrogen-bond acceptors (Lipinski definition) is 7. The number of ether oxygens (including phenoxy) is 1. The highest BCUT2D eigenvalue weighted by Gasteiger charge is 2.28. The Kier molecular flexibility index (Phi) is 6.27. The fourth-order valence-corrected chi connectivity index (χ4v) is 2.77. The molecule has 1 aromatic carbocycles. The molecule has 2 aromatic heterocycles. The highest BCUT2D eigenvalue weighted by Crippen LogP contribution is 2.23. The molecule has 0 aliphatic heterocycles. The van der Waals surface area contributed by atoms with Crippen molar-refractivity contribution >= 4 is 28.2 Å². The lowest BCUT2D eigenvalue weighted by molar-refractivity contribution is -0.153. The molecule has 3 aromatic rings. The topological polar surface area (TPSA) is 89.0 Å². The van der Waals surface area contributed by atoms with Gasteiger partial charge in [-0.2, -0.15) is 13.2 Å². The number of pyridine rings is 1. The van der Waals surface area contributed by atoms with Crippen molar-refractivity contribution in [2.24, 2.45) is 0 Å². The maximum Gasteiger partial charge on any atom is 0.422 e. The molecule has 29 heavy (non-hydrogen) atoms. The smallest absolute Gasteiger partial charge is 0.422 e. The van der Waals surface area contributed by atoms with Crippen LogP contribution in [-0.2, 0) is 0 Å². The minimum absolute atomic E-state index is 0.141. The number of carbonyl (C=O) groups is 1. The second-order valence-corrected chi connectivity index (χ2v) is 6.80. The summed E-state index contributed by atoms with van der Waals surface area (Å²) in [6.07, 6.45) is -2.95. The average Bonchev–Trinajstić information content (AvgIpc) is 3.20. The lowest BCUT2D eigenvalue weighted by Gasteiger charge is -2.16. The van der Waals surface area contributed by atoms with Gasteiger partial charge in [0, 0.05) is 12.2 Å². The third-order valence-corrected chi connectivity index (χ3v) is 4.36. The highest BCUT2D eigenvalue weighted by molar-refractivity contribution is 7.13. The van der Waals surface area contributed by atoms with Crippen LogP contribution in [0.3, 0.4) is 0 Å². The number of rotatable bonds is 7. The zero-order valence-corrected chi connectivity index (χ0v) is 15.9. The molecule has 7 nitrogen and oxygen atoms in total. The van der Waals surface area contributed by atoms with E-state index in [1.165, 1.54) is 35.2 Å². The maximum absolute atomic E-state index is 12.2. The number of halogens is 3. The van der Waals surface area contributed by atoms with Gasteiger partial charge in [0.05, 0.1) is 5.56 Å². The van der Waals surface area contributed by atoms with Crippen molar-refractivity contribution in [1.82, 2.24) is 15.2 Å². The van der Waals surface area contributed by atoms with Crippen molar-refractivity contribution in [3.8, 4) is 5.75 Å². The van der Waals surface area contributed by atoms with Gasteiger partial charge in [-0.3, -0.25) is 10.1 Å². The van der Waals surface area contributed by atoms with Gasteiger partial charge in [-0.1, -0.05) is 23.5 Å². The van der Waals surface area contributed by atoms with E-state index in [1.54, 1.807) is 24.3 Å². The predicted octanol–water partition coefficient (Wildman–Crippen LogP) is 4.30. The predicted molar refractivity (Wildman–Crippen MR) is 102 cm³/mol. The van der Waals surface area contributed by atoms with E-state index in [1.807, 2.05) is 6.92 Å². The van der Waals surface area contributed by atoms with Crippen molar-refractivity contribution < 1.29 is 22.7 Å². The molecule has 1 atom stereocenters. The molecular formula is C18H16F3N5O2S.